The monoisotopic (exact) mass is 169 g/mol. The molecule has 11 heavy (non-hydrogen) atoms. The van der Waals surface area contributed by atoms with Gasteiger partial charge in [-0.2, -0.15) is 12.6 Å². The van der Waals surface area contributed by atoms with Crippen molar-refractivity contribution in [1.82, 2.24) is 0 Å². The molecule has 60 valence electrons. The molecule has 1 aromatic rings. The fourth-order valence-electron chi connectivity index (χ4n) is 0.837. The Morgan fingerprint density at radius 3 is 2.18 bits per heavy atom. The van der Waals surface area contributed by atoms with Crippen LogP contribution >= 0.6 is 12.6 Å². The van der Waals surface area contributed by atoms with E-state index in [1.54, 1.807) is 0 Å². The Bertz CT molecular complexity index is 210. The summed E-state index contributed by atoms with van der Waals surface area (Å²) in [7, 11) is 0. The van der Waals surface area contributed by atoms with Gasteiger partial charge in [0, 0.05) is 5.75 Å². The van der Waals surface area contributed by atoms with Crippen molar-refractivity contribution in [2.24, 2.45) is 5.90 Å². The van der Waals surface area contributed by atoms with Gasteiger partial charge in [0.2, 0.25) is 0 Å². The zero-order valence-corrected chi connectivity index (χ0v) is 7.05. The number of hydrogen-bond donors (Lipinski definition) is 2. The van der Waals surface area contributed by atoms with Gasteiger partial charge in [-0.15, -0.1) is 0 Å². The van der Waals surface area contributed by atoms with Gasteiger partial charge in [-0.05, 0) is 11.1 Å². The van der Waals surface area contributed by atoms with Crippen molar-refractivity contribution in [2.45, 2.75) is 12.4 Å². The smallest absolute Gasteiger partial charge is 0.0930 e. The minimum absolute atomic E-state index is 0.465. The predicted molar refractivity (Wildman–Crippen MR) is 48.1 cm³/mol. The summed E-state index contributed by atoms with van der Waals surface area (Å²) in [4.78, 5) is 4.48. The van der Waals surface area contributed by atoms with E-state index in [1.807, 2.05) is 24.3 Å². The summed E-state index contributed by atoms with van der Waals surface area (Å²) in [5, 5.41) is 0. The van der Waals surface area contributed by atoms with Gasteiger partial charge >= 0.3 is 0 Å². The van der Waals surface area contributed by atoms with E-state index in [-0.39, 0.29) is 0 Å². The molecule has 0 amide bonds. The standard InChI is InChI=1S/C8H11NOS/c9-10-5-7-1-3-8(6-11)4-2-7/h1-4,11H,5-6,9H2. The van der Waals surface area contributed by atoms with Gasteiger partial charge in [0.05, 0.1) is 6.61 Å². The van der Waals surface area contributed by atoms with Crippen LogP contribution in [0, 0.1) is 0 Å². The average Bonchev–Trinajstić information content (AvgIpc) is 2.07. The molecule has 0 spiro atoms. The molecule has 0 saturated heterocycles. The van der Waals surface area contributed by atoms with E-state index < -0.39 is 0 Å². The Labute approximate surface area is 71.7 Å². The van der Waals surface area contributed by atoms with Crippen LogP contribution in [0.4, 0.5) is 0 Å². The molecule has 0 saturated carbocycles. The quantitative estimate of drug-likeness (QED) is 0.531. The second-order valence-corrected chi connectivity index (χ2v) is 2.60. The molecule has 0 aliphatic rings. The maximum absolute atomic E-state index is 4.92. The lowest BCUT2D eigenvalue weighted by Gasteiger charge is -1.99. The Balaban J connectivity index is 2.66. The van der Waals surface area contributed by atoms with Crippen LogP contribution in [0.5, 0.6) is 0 Å². The van der Waals surface area contributed by atoms with Crippen LogP contribution < -0.4 is 5.90 Å². The van der Waals surface area contributed by atoms with Crippen LogP contribution in [0.2, 0.25) is 0 Å². The van der Waals surface area contributed by atoms with Gasteiger partial charge in [0.25, 0.3) is 0 Å². The van der Waals surface area contributed by atoms with Crippen molar-refractivity contribution in [3.8, 4) is 0 Å². The normalized spacial score (nSPS) is 10.0. The summed E-state index contributed by atoms with van der Waals surface area (Å²) in [6.45, 7) is 0.465. The third kappa shape index (κ3) is 2.54. The molecule has 0 atom stereocenters. The molecule has 0 unspecified atom stereocenters. The van der Waals surface area contributed by atoms with Gasteiger partial charge < -0.3 is 0 Å². The molecule has 0 heterocycles. The molecule has 3 heteroatoms. The second-order valence-electron chi connectivity index (χ2n) is 2.29. The third-order valence-electron chi connectivity index (χ3n) is 1.46. The van der Waals surface area contributed by atoms with Crippen molar-refractivity contribution < 1.29 is 4.84 Å². The summed E-state index contributed by atoms with van der Waals surface area (Å²) in [5.74, 6) is 5.68. The van der Waals surface area contributed by atoms with Crippen LogP contribution in [-0.4, -0.2) is 0 Å². The van der Waals surface area contributed by atoms with Gasteiger partial charge in [0.1, 0.15) is 0 Å². The Morgan fingerprint density at radius 1 is 1.18 bits per heavy atom. The number of nitrogens with two attached hydrogens (primary N) is 1. The zero-order valence-electron chi connectivity index (χ0n) is 6.16. The van der Waals surface area contributed by atoms with Crippen LogP contribution in [0.1, 0.15) is 11.1 Å². The minimum Gasteiger partial charge on any atom is -0.300 e. The highest BCUT2D eigenvalue weighted by atomic mass is 32.1. The molecule has 1 aromatic carbocycles. The first-order valence-corrected chi connectivity index (χ1v) is 4.00. The van der Waals surface area contributed by atoms with Crippen LogP contribution in [-0.2, 0) is 17.2 Å². The van der Waals surface area contributed by atoms with Crippen molar-refractivity contribution in [1.29, 1.82) is 0 Å². The summed E-state index contributed by atoms with van der Waals surface area (Å²) < 4.78 is 0. The molecular formula is C8H11NOS. The van der Waals surface area contributed by atoms with E-state index >= 15 is 0 Å². The van der Waals surface area contributed by atoms with Crippen molar-refractivity contribution >= 4 is 12.6 Å². The van der Waals surface area contributed by atoms with Gasteiger partial charge in [-0.1, -0.05) is 24.3 Å². The van der Waals surface area contributed by atoms with Crippen molar-refractivity contribution in [2.75, 3.05) is 0 Å². The van der Waals surface area contributed by atoms with E-state index in [2.05, 4.69) is 17.5 Å². The van der Waals surface area contributed by atoms with E-state index in [0.29, 0.717) is 6.61 Å². The molecule has 0 bridgehead atoms. The maximum atomic E-state index is 4.92. The lowest BCUT2D eigenvalue weighted by molar-refractivity contribution is 0.124. The Hall–Kier alpha value is -0.510. The highest BCUT2D eigenvalue weighted by Crippen LogP contribution is 2.06. The zero-order chi connectivity index (χ0) is 8.10. The van der Waals surface area contributed by atoms with Gasteiger partial charge in [-0.3, -0.25) is 4.84 Å². The lowest BCUT2D eigenvalue weighted by atomic mass is 10.2. The largest absolute Gasteiger partial charge is 0.300 e. The first-order chi connectivity index (χ1) is 5.36. The summed E-state index contributed by atoms with van der Waals surface area (Å²) in [6.07, 6.45) is 0. The van der Waals surface area contributed by atoms with E-state index in [1.165, 1.54) is 5.56 Å². The molecular weight excluding hydrogens is 158 g/mol. The molecule has 2 nitrogen and oxygen atoms in total. The predicted octanol–water partition coefficient (Wildman–Crippen LogP) is 1.51. The number of rotatable bonds is 3. The van der Waals surface area contributed by atoms with Gasteiger partial charge in [0.15, 0.2) is 0 Å². The molecule has 0 aliphatic carbocycles. The highest BCUT2D eigenvalue weighted by Gasteiger charge is 1.91. The lowest BCUT2D eigenvalue weighted by Crippen LogP contribution is -1.98. The maximum Gasteiger partial charge on any atom is 0.0930 e. The fourth-order valence-corrected chi connectivity index (χ4v) is 1.05. The van der Waals surface area contributed by atoms with Crippen molar-refractivity contribution in [3.05, 3.63) is 35.4 Å². The molecule has 0 radical (unpaired) electrons. The van der Waals surface area contributed by atoms with Crippen LogP contribution in [0.3, 0.4) is 0 Å². The minimum atomic E-state index is 0.465. The van der Waals surface area contributed by atoms with E-state index in [0.717, 1.165) is 11.3 Å². The highest BCUT2D eigenvalue weighted by molar-refractivity contribution is 7.79. The number of hydrogen-bond acceptors (Lipinski definition) is 3. The summed E-state index contributed by atoms with van der Waals surface area (Å²) in [6, 6.07) is 8.00. The first-order valence-electron chi connectivity index (χ1n) is 3.37. The topological polar surface area (TPSA) is 35.2 Å². The molecule has 2 N–H and O–H groups in total. The first kappa shape index (κ1) is 8.59. The Morgan fingerprint density at radius 2 is 1.73 bits per heavy atom. The second kappa shape index (κ2) is 4.38. The molecule has 0 aromatic heterocycles. The fraction of sp³-hybridized carbons (Fsp3) is 0.250. The Kier molecular flexibility index (Phi) is 3.42. The van der Waals surface area contributed by atoms with Crippen LogP contribution in [0.25, 0.3) is 0 Å². The molecule has 0 aliphatic heterocycles. The van der Waals surface area contributed by atoms with Crippen molar-refractivity contribution in [3.63, 3.8) is 0 Å². The number of benzene rings is 1. The van der Waals surface area contributed by atoms with E-state index in [9.17, 15) is 0 Å². The summed E-state index contributed by atoms with van der Waals surface area (Å²) in [5.41, 5.74) is 2.28. The van der Waals surface area contributed by atoms with E-state index in [4.69, 9.17) is 5.90 Å². The average molecular weight is 169 g/mol. The third-order valence-corrected chi connectivity index (χ3v) is 1.82. The number of thiol groups is 1. The SMILES string of the molecule is NOCc1ccc(CS)cc1. The van der Waals surface area contributed by atoms with Crippen LogP contribution in [0.15, 0.2) is 24.3 Å². The molecule has 1 rings (SSSR count). The molecule has 0 fully saturated rings. The van der Waals surface area contributed by atoms with Gasteiger partial charge in [-0.25, -0.2) is 5.90 Å². The summed E-state index contributed by atoms with van der Waals surface area (Å²) >= 11 is 4.14.